The van der Waals surface area contributed by atoms with Gasteiger partial charge in [-0.05, 0) is 34.1 Å². The van der Waals surface area contributed by atoms with Crippen LogP contribution in [0.5, 0.6) is 0 Å². The summed E-state index contributed by atoms with van der Waals surface area (Å²) < 4.78 is 5.25. The molecule has 0 saturated carbocycles. The van der Waals surface area contributed by atoms with Gasteiger partial charge in [-0.15, -0.1) is 0 Å². The van der Waals surface area contributed by atoms with Crippen LogP contribution < -0.4 is 11.1 Å². The summed E-state index contributed by atoms with van der Waals surface area (Å²) >= 11 is 0. The van der Waals surface area contributed by atoms with Crippen LogP contribution in [0, 0.1) is 0 Å². The second kappa shape index (κ2) is 5.36. The molecule has 0 spiro atoms. The van der Waals surface area contributed by atoms with Crippen molar-refractivity contribution in [3.05, 3.63) is 0 Å². The Hall–Kier alpha value is -1.30. The number of rotatable bonds is 4. The van der Waals surface area contributed by atoms with Gasteiger partial charge in [-0.3, -0.25) is 10.1 Å². The maximum Gasteiger partial charge on any atom is 0.410 e. The smallest absolute Gasteiger partial charge is 0.410 e. The van der Waals surface area contributed by atoms with Crippen LogP contribution in [-0.4, -0.2) is 47.2 Å². The van der Waals surface area contributed by atoms with E-state index in [-0.39, 0.29) is 19.1 Å². The van der Waals surface area contributed by atoms with Gasteiger partial charge < -0.3 is 15.4 Å². The van der Waals surface area contributed by atoms with E-state index in [0.717, 1.165) is 6.42 Å². The summed E-state index contributed by atoms with van der Waals surface area (Å²) in [6.07, 6.45) is 0.483. The molecule has 1 aliphatic rings. The van der Waals surface area contributed by atoms with Crippen LogP contribution in [0.2, 0.25) is 0 Å². The van der Waals surface area contributed by atoms with Gasteiger partial charge in [0.1, 0.15) is 11.1 Å². The van der Waals surface area contributed by atoms with Crippen molar-refractivity contribution in [1.29, 1.82) is 0 Å². The molecular formula is C13H25N3O3. The van der Waals surface area contributed by atoms with Gasteiger partial charge in [0.05, 0.1) is 13.1 Å². The van der Waals surface area contributed by atoms with E-state index in [1.54, 1.807) is 0 Å². The van der Waals surface area contributed by atoms with Crippen LogP contribution in [0.1, 0.15) is 41.0 Å². The number of amides is 2. The summed E-state index contributed by atoms with van der Waals surface area (Å²) in [5, 5.41) is 3.20. The molecule has 1 heterocycles. The standard InChI is InChI=1S/C13H25N3O3/c1-6-9(2)15-13(10(14)17)7-16(8-13)11(18)19-12(3,4)5/h9,15H,6-8H2,1-5H3,(H2,14,17). The van der Waals surface area contributed by atoms with E-state index in [4.69, 9.17) is 10.5 Å². The highest BCUT2D eigenvalue weighted by Crippen LogP contribution is 2.24. The van der Waals surface area contributed by atoms with Crippen molar-refractivity contribution in [3.63, 3.8) is 0 Å². The van der Waals surface area contributed by atoms with Crippen molar-refractivity contribution in [3.8, 4) is 0 Å². The first kappa shape index (κ1) is 15.8. The van der Waals surface area contributed by atoms with Crippen LogP contribution in [0.25, 0.3) is 0 Å². The van der Waals surface area contributed by atoms with E-state index in [2.05, 4.69) is 5.32 Å². The van der Waals surface area contributed by atoms with Crippen LogP contribution in [0.4, 0.5) is 4.79 Å². The third-order valence-electron chi connectivity index (χ3n) is 3.18. The maximum atomic E-state index is 11.8. The number of primary amides is 1. The first-order valence-corrected chi connectivity index (χ1v) is 6.65. The zero-order valence-corrected chi connectivity index (χ0v) is 12.4. The summed E-state index contributed by atoms with van der Waals surface area (Å²) in [6, 6.07) is 0.174. The lowest BCUT2D eigenvalue weighted by Crippen LogP contribution is -2.77. The second-order valence-electron chi connectivity index (χ2n) is 6.24. The number of likely N-dealkylation sites (tertiary alicyclic amines) is 1. The molecule has 1 fully saturated rings. The molecule has 1 rings (SSSR count). The third-order valence-corrected chi connectivity index (χ3v) is 3.18. The molecule has 6 nitrogen and oxygen atoms in total. The van der Waals surface area contributed by atoms with Crippen LogP contribution in [0.3, 0.4) is 0 Å². The van der Waals surface area contributed by atoms with E-state index >= 15 is 0 Å². The fraction of sp³-hybridized carbons (Fsp3) is 0.846. The molecule has 0 bridgehead atoms. The minimum Gasteiger partial charge on any atom is -0.444 e. The summed E-state index contributed by atoms with van der Waals surface area (Å²) in [5.41, 5.74) is 4.10. The lowest BCUT2D eigenvalue weighted by molar-refractivity contribution is -0.131. The number of nitrogens with zero attached hydrogens (tertiary/aromatic N) is 1. The molecule has 1 unspecified atom stereocenters. The van der Waals surface area contributed by atoms with Crippen LogP contribution >= 0.6 is 0 Å². The SMILES string of the molecule is CCC(C)NC1(C(N)=O)CN(C(=O)OC(C)(C)C)C1. The lowest BCUT2D eigenvalue weighted by atomic mass is 9.88. The zero-order valence-electron chi connectivity index (χ0n) is 12.4. The Labute approximate surface area is 114 Å². The van der Waals surface area contributed by atoms with E-state index < -0.39 is 23.1 Å². The Bertz CT molecular complexity index is 357. The summed E-state index contributed by atoms with van der Waals surface area (Å²) in [4.78, 5) is 24.9. The van der Waals surface area contributed by atoms with Gasteiger partial charge in [-0.2, -0.15) is 0 Å². The maximum absolute atomic E-state index is 11.8. The molecule has 0 aromatic rings. The monoisotopic (exact) mass is 271 g/mol. The van der Waals surface area contributed by atoms with Crippen molar-refractivity contribution in [1.82, 2.24) is 10.2 Å². The number of nitrogens with one attached hydrogen (secondary N) is 1. The first-order chi connectivity index (χ1) is 8.59. The van der Waals surface area contributed by atoms with Crippen molar-refractivity contribution in [2.45, 2.75) is 58.2 Å². The first-order valence-electron chi connectivity index (χ1n) is 6.65. The van der Waals surface area contributed by atoms with Crippen molar-refractivity contribution in [2.24, 2.45) is 5.73 Å². The molecule has 1 aliphatic heterocycles. The van der Waals surface area contributed by atoms with Crippen molar-refractivity contribution in [2.75, 3.05) is 13.1 Å². The van der Waals surface area contributed by atoms with Crippen molar-refractivity contribution < 1.29 is 14.3 Å². The number of hydrogen-bond acceptors (Lipinski definition) is 4. The zero-order chi connectivity index (χ0) is 14.8. The molecule has 19 heavy (non-hydrogen) atoms. The van der Waals surface area contributed by atoms with Gasteiger partial charge in [0.25, 0.3) is 0 Å². The van der Waals surface area contributed by atoms with Gasteiger partial charge in [0.2, 0.25) is 5.91 Å². The van der Waals surface area contributed by atoms with E-state index in [0.29, 0.717) is 0 Å². The number of nitrogens with two attached hydrogens (primary N) is 1. The molecule has 3 N–H and O–H groups in total. The second-order valence-corrected chi connectivity index (χ2v) is 6.24. The lowest BCUT2D eigenvalue weighted by Gasteiger charge is -2.49. The molecule has 0 aliphatic carbocycles. The normalized spacial score (nSPS) is 19.5. The number of ether oxygens (including phenoxy) is 1. The average molecular weight is 271 g/mol. The molecule has 6 heteroatoms. The van der Waals surface area contributed by atoms with Gasteiger partial charge in [0.15, 0.2) is 0 Å². The van der Waals surface area contributed by atoms with Crippen molar-refractivity contribution >= 4 is 12.0 Å². The van der Waals surface area contributed by atoms with Gasteiger partial charge in [0, 0.05) is 6.04 Å². The van der Waals surface area contributed by atoms with E-state index in [9.17, 15) is 9.59 Å². The highest BCUT2D eigenvalue weighted by molar-refractivity contribution is 5.88. The minimum absolute atomic E-state index is 0.174. The average Bonchev–Trinajstić information content (AvgIpc) is 2.18. The summed E-state index contributed by atoms with van der Waals surface area (Å²) in [7, 11) is 0. The molecule has 2 amide bonds. The largest absolute Gasteiger partial charge is 0.444 e. The van der Waals surface area contributed by atoms with Gasteiger partial charge in [-0.25, -0.2) is 4.79 Å². The Morgan fingerprint density at radius 2 is 1.95 bits per heavy atom. The fourth-order valence-corrected chi connectivity index (χ4v) is 1.95. The molecule has 0 radical (unpaired) electrons. The van der Waals surface area contributed by atoms with E-state index in [1.165, 1.54) is 4.90 Å². The highest BCUT2D eigenvalue weighted by Gasteiger charge is 2.51. The predicted octanol–water partition coefficient (Wildman–Crippen LogP) is 0.849. The predicted molar refractivity (Wildman–Crippen MR) is 72.6 cm³/mol. The third kappa shape index (κ3) is 3.83. The number of carbonyl (C=O) groups is 2. The van der Waals surface area contributed by atoms with Gasteiger partial charge in [-0.1, -0.05) is 6.92 Å². The Morgan fingerprint density at radius 3 is 2.32 bits per heavy atom. The summed E-state index contributed by atoms with van der Waals surface area (Å²) in [5.74, 6) is -0.424. The quantitative estimate of drug-likeness (QED) is 0.794. The highest BCUT2D eigenvalue weighted by atomic mass is 16.6. The Morgan fingerprint density at radius 1 is 1.42 bits per heavy atom. The Balaban J connectivity index is 2.60. The van der Waals surface area contributed by atoms with Crippen LogP contribution in [0.15, 0.2) is 0 Å². The molecule has 1 saturated heterocycles. The van der Waals surface area contributed by atoms with Gasteiger partial charge >= 0.3 is 6.09 Å². The molecule has 110 valence electrons. The Kier molecular flexibility index (Phi) is 4.45. The minimum atomic E-state index is -0.813. The van der Waals surface area contributed by atoms with Crippen LogP contribution in [-0.2, 0) is 9.53 Å². The molecular weight excluding hydrogens is 246 g/mol. The molecule has 1 atom stereocenters. The fourth-order valence-electron chi connectivity index (χ4n) is 1.95. The molecule has 0 aromatic carbocycles. The summed E-state index contributed by atoms with van der Waals surface area (Å²) in [6.45, 7) is 9.97. The number of carbonyl (C=O) groups excluding carboxylic acids is 2. The van der Waals surface area contributed by atoms with E-state index in [1.807, 2.05) is 34.6 Å². The number of hydrogen-bond donors (Lipinski definition) is 2. The molecule has 0 aromatic heterocycles. The topological polar surface area (TPSA) is 84.7 Å².